The van der Waals surface area contributed by atoms with Crippen molar-refractivity contribution in [2.24, 2.45) is 0 Å². The topological polar surface area (TPSA) is 0 Å². The first kappa shape index (κ1) is 27.3. The largest absolute Gasteiger partial charge is 0.207 e. The van der Waals surface area contributed by atoms with Gasteiger partial charge in [-0.25, -0.2) is 65.9 Å². The second kappa shape index (κ2) is 8.96. The molecule has 0 amide bonds. The van der Waals surface area contributed by atoms with E-state index in [1.165, 1.54) is 0 Å². The van der Waals surface area contributed by atoms with E-state index in [9.17, 15) is 65.9 Å². The van der Waals surface area contributed by atoms with Crippen LogP contribution >= 0.6 is 0 Å². The molecule has 0 saturated heterocycles. The highest BCUT2D eigenvalue weighted by Crippen LogP contribution is 2.29. The average molecular weight is 541 g/mol. The summed E-state index contributed by atoms with van der Waals surface area (Å²) in [5.41, 5.74) is -7.79. The summed E-state index contributed by atoms with van der Waals surface area (Å²) >= 11 is 0. The van der Waals surface area contributed by atoms with E-state index in [-0.39, 0.29) is 0 Å². The van der Waals surface area contributed by atoms with Gasteiger partial charge in [0.15, 0.2) is 52.4 Å². The first-order valence-corrected chi connectivity index (χ1v) is 9.32. The molecule has 0 N–H and O–H groups in total. The van der Waals surface area contributed by atoms with Gasteiger partial charge in [-0.3, -0.25) is 0 Å². The van der Waals surface area contributed by atoms with Crippen LogP contribution in [-0.4, -0.2) is 6.15 Å². The smallest absolute Gasteiger partial charge is 0.200 e. The molecule has 16 heteroatoms. The van der Waals surface area contributed by atoms with Crippen molar-refractivity contribution in [3.63, 3.8) is 0 Å². The Balaban J connectivity index is 2.84. The molecule has 0 aliphatic heterocycles. The van der Waals surface area contributed by atoms with Crippen LogP contribution in [0.2, 0.25) is 6.32 Å². The van der Waals surface area contributed by atoms with Crippen molar-refractivity contribution in [2.45, 2.75) is 13.2 Å². The molecule has 36 heavy (non-hydrogen) atoms. The first-order valence-electron chi connectivity index (χ1n) is 9.32. The summed E-state index contributed by atoms with van der Waals surface area (Å²) in [7, 11) is 0. The third-order valence-electron chi connectivity index (χ3n) is 5.82. The first-order chi connectivity index (χ1) is 16.6. The van der Waals surface area contributed by atoms with E-state index in [0.29, 0.717) is 6.92 Å². The summed E-state index contributed by atoms with van der Waals surface area (Å²) in [6.07, 6.45) is -7.11. The Bertz CT molecular complexity index is 1180. The predicted octanol–water partition coefficient (Wildman–Crippen LogP) is 5.26. The zero-order valence-corrected chi connectivity index (χ0v) is 17.0. The molecule has 0 nitrogen and oxygen atoms in total. The normalized spacial score (nSPS) is 12.0. The van der Waals surface area contributed by atoms with Gasteiger partial charge >= 0.3 is 0 Å². The molecule has 0 radical (unpaired) electrons. The van der Waals surface area contributed by atoms with E-state index in [0.717, 1.165) is 0 Å². The van der Waals surface area contributed by atoms with Gasteiger partial charge in [0.05, 0.1) is 0 Å². The number of hydrogen-bond acceptors (Lipinski definition) is 0. The maximum Gasteiger partial charge on any atom is 0.200 e. The van der Waals surface area contributed by atoms with Gasteiger partial charge in [-0.15, -0.1) is 16.4 Å². The third kappa shape index (κ3) is 3.36. The summed E-state index contributed by atoms with van der Waals surface area (Å²) in [6.45, 7) is 0.439. The summed E-state index contributed by atoms with van der Waals surface area (Å²) in [4.78, 5) is 0. The van der Waals surface area contributed by atoms with E-state index in [4.69, 9.17) is 0 Å². The Morgan fingerprint density at radius 2 is 0.444 bits per heavy atom. The fourth-order valence-electron chi connectivity index (χ4n) is 4.21. The van der Waals surface area contributed by atoms with E-state index >= 15 is 0 Å². The fraction of sp³-hybridized carbons (Fsp3) is 0.100. The van der Waals surface area contributed by atoms with Gasteiger partial charge in [0.2, 0.25) is 0 Å². The molecule has 0 atom stereocenters. The molecular formula is C20H5BF15-. The molecule has 3 aromatic carbocycles. The van der Waals surface area contributed by atoms with Crippen LogP contribution in [-0.2, 0) is 0 Å². The quantitative estimate of drug-likeness (QED) is 0.183. The van der Waals surface area contributed by atoms with E-state index in [1.54, 1.807) is 0 Å². The number of benzene rings is 3. The van der Waals surface area contributed by atoms with Crippen LogP contribution in [0.4, 0.5) is 65.9 Å². The molecule has 0 aromatic heterocycles. The minimum atomic E-state index is -5.40. The van der Waals surface area contributed by atoms with Crippen molar-refractivity contribution in [1.29, 1.82) is 0 Å². The van der Waals surface area contributed by atoms with Crippen LogP contribution in [0.15, 0.2) is 0 Å². The van der Waals surface area contributed by atoms with Crippen LogP contribution in [0.1, 0.15) is 6.92 Å². The third-order valence-corrected chi connectivity index (χ3v) is 5.82. The Labute approximate surface area is 189 Å². The maximum absolute atomic E-state index is 14.8. The lowest BCUT2D eigenvalue weighted by atomic mass is 9.14. The monoisotopic (exact) mass is 541 g/mol. The SMILES string of the molecule is CC[B-](c1c(F)c(F)c(F)c(F)c1F)(c1c(F)c(F)c(F)c(F)c1F)c1c(F)c(F)c(F)c(F)c1F. The van der Waals surface area contributed by atoms with Gasteiger partial charge in [0.1, 0.15) is 41.0 Å². The molecule has 194 valence electrons. The Morgan fingerprint density at radius 3 is 0.583 bits per heavy atom. The summed E-state index contributed by atoms with van der Waals surface area (Å²) in [5, 5.41) is 0. The zero-order chi connectivity index (χ0) is 27.6. The van der Waals surface area contributed by atoms with Crippen LogP contribution < -0.4 is 16.4 Å². The van der Waals surface area contributed by atoms with Crippen LogP contribution in [0.3, 0.4) is 0 Å². The van der Waals surface area contributed by atoms with E-state index in [1.807, 2.05) is 0 Å². The lowest BCUT2D eigenvalue weighted by molar-refractivity contribution is 0.379. The van der Waals surface area contributed by atoms with Crippen LogP contribution in [0.25, 0.3) is 0 Å². The van der Waals surface area contributed by atoms with Gasteiger partial charge in [0.25, 0.3) is 0 Å². The zero-order valence-electron chi connectivity index (χ0n) is 17.0. The molecule has 0 unspecified atom stereocenters. The van der Waals surface area contributed by atoms with Gasteiger partial charge < -0.3 is 0 Å². The molecule has 0 bridgehead atoms. The highest BCUT2D eigenvalue weighted by molar-refractivity contribution is 7.11. The molecule has 0 heterocycles. The lowest BCUT2D eigenvalue weighted by Crippen LogP contribution is -2.72. The minimum absolute atomic E-state index is 0.439. The van der Waals surface area contributed by atoms with Crippen molar-refractivity contribution in [2.75, 3.05) is 0 Å². The lowest BCUT2D eigenvalue weighted by Gasteiger charge is -2.43. The fourth-order valence-corrected chi connectivity index (χ4v) is 4.21. The number of halogens is 15. The van der Waals surface area contributed by atoms with Crippen molar-refractivity contribution >= 4 is 22.5 Å². The van der Waals surface area contributed by atoms with Crippen molar-refractivity contribution in [1.82, 2.24) is 0 Å². The summed E-state index contributed by atoms with van der Waals surface area (Å²) in [5.74, 6) is -44.9. The Kier molecular flexibility index (Phi) is 6.79. The van der Waals surface area contributed by atoms with Gasteiger partial charge in [-0.1, -0.05) is 6.92 Å². The van der Waals surface area contributed by atoms with Gasteiger partial charge in [-0.05, 0) is 0 Å². The highest BCUT2D eigenvalue weighted by Gasteiger charge is 2.46. The highest BCUT2D eigenvalue weighted by atomic mass is 19.2. The number of rotatable bonds is 4. The molecule has 0 fully saturated rings. The molecule has 0 spiro atoms. The van der Waals surface area contributed by atoms with Crippen molar-refractivity contribution in [3.05, 3.63) is 87.3 Å². The van der Waals surface area contributed by atoms with Crippen LogP contribution in [0, 0.1) is 87.3 Å². The van der Waals surface area contributed by atoms with Gasteiger partial charge in [-0.2, -0.15) is 6.32 Å². The Morgan fingerprint density at radius 1 is 0.306 bits per heavy atom. The summed E-state index contributed by atoms with van der Waals surface area (Å²) in [6, 6.07) is 0. The molecule has 0 aliphatic rings. The van der Waals surface area contributed by atoms with Crippen molar-refractivity contribution in [3.8, 4) is 0 Å². The second-order valence-corrected chi connectivity index (χ2v) is 7.40. The maximum atomic E-state index is 14.8. The number of hydrogen-bond donors (Lipinski definition) is 0. The predicted molar refractivity (Wildman–Crippen MR) is 93.8 cm³/mol. The second-order valence-electron chi connectivity index (χ2n) is 7.40. The van der Waals surface area contributed by atoms with Crippen molar-refractivity contribution < 1.29 is 65.9 Å². The van der Waals surface area contributed by atoms with E-state index in [2.05, 4.69) is 0 Å². The molecule has 0 saturated carbocycles. The average Bonchev–Trinajstić information content (AvgIpc) is 2.85. The Hall–Kier alpha value is -3.33. The standard InChI is InChI=1S/C20H5BF15/c1-2-21(3-6(22)12(28)18(34)13(29)7(3)23,4-8(24)14(30)19(35)15(31)9(4)25)5-10(26)16(32)20(36)17(33)11(5)27/h2H2,1H3/q-1. The van der Waals surface area contributed by atoms with E-state index < -0.39 is 116 Å². The molecular weight excluding hydrogens is 536 g/mol. The van der Waals surface area contributed by atoms with Gasteiger partial charge in [0, 0.05) is 0 Å². The van der Waals surface area contributed by atoms with Crippen LogP contribution in [0.5, 0.6) is 0 Å². The summed E-state index contributed by atoms with van der Waals surface area (Å²) < 4.78 is 214. The molecule has 0 aliphatic carbocycles. The molecule has 3 aromatic rings. The minimum Gasteiger partial charge on any atom is -0.207 e. The molecule has 3 rings (SSSR count).